The third-order valence-electron chi connectivity index (χ3n) is 3.20. The summed E-state index contributed by atoms with van der Waals surface area (Å²) in [5.41, 5.74) is 0. The van der Waals surface area contributed by atoms with Crippen LogP contribution >= 0.6 is 0 Å². The summed E-state index contributed by atoms with van der Waals surface area (Å²) in [7, 11) is -1.76. The zero-order chi connectivity index (χ0) is 13.7. The monoisotopic (exact) mass is 285 g/mol. The molecule has 1 aromatic heterocycles. The van der Waals surface area contributed by atoms with Gasteiger partial charge in [-0.2, -0.15) is 0 Å². The van der Waals surface area contributed by atoms with Gasteiger partial charge in [-0.05, 0) is 24.8 Å². The third-order valence-corrected chi connectivity index (χ3v) is 4.62. The van der Waals surface area contributed by atoms with Crippen LogP contribution in [0.3, 0.4) is 0 Å². The van der Waals surface area contributed by atoms with Crippen molar-refractivity contribution in [3.63, 3.8) is 0 Å². The third kappa shape index (κ3) is 3.89. The van der Waals surface area contributed by atoms with Gasteiger partial charge in [0, 0.05) is 39.1 Å². The smallest absolute Gasteiger partial charge is 0.240 e. The summed E-state index contributed by atoms with van der Waals surface area (Å²) >= 11 is 0. The first-order chi connectivity index (χ1) is 9.12. The van der Waals surface area contributed by atoms with Crippen LogP contribution in [-0.2, 0) is 14.8 Å². The molecule has 0 bridgehead atoms. The molecule has 1 aliphatic rings. The molecule has 0 atom stereocenters. The Balaban J connectivity index is 2.00. The lowest BCUT2D eigenvalue weighted by molar-refractivity contribution is 0.0678. The Morgan fingerprint density at radius 3 is 2.84 bits per heavy atom. The molecular formula is C12H19N3O3S. The van der Waals surface area contributed by atoms with E-state index in [0.717, 1.165) is 12.8 Å². The van der Waals surface area contributed by atoms with Gasteiger partial charge in [-0.25, -0.2) is 18.1 Å². The molecule has 2 N–H and O–H groups in total. The van der Waals surface area contributed by atoms with E-state index in [1.807, 2.05) is 0 Å². The Morgan fingerprint density at radius 2 is 2.16 bits per heavy atom. The first-order valence-corrected chi connectivity index (χ1v) is 7.81. The van der Waals surface area contributed by atoms with Gasteiger partial charge < -0.3 is 10.1 Å². The average Bonchev–Trinajstić information content (AvgIpc) is 2.46. The van der Waals surface area contributed by atoms with Crippen LogP contribution in [-0.4, -0.2) is 40.2 Å². The second kappa shape index (κ2) is 6.31. The minimum absolute atomic E-state index is 0.235. The molecule has 6 nitrogen and oxygen atoms in total. The number of hydrogen-bond acceptors (Lipinski definition) is 5. The van der Waals surface area contributed by atoms with Crippen LogP contribution < -0.4 is 10.0 Å². The predicted octanol–water partition coefficient (Wildman–Crippen LogP) is 0.828. The standard InChI is InChI=1S/C12H19N3O3S/c1-13-12-8-11(2-5-14-12)19(16,17)15-9-10-3-6-18-7-4-10/h2,5,8,10,15H,3-4,6-7,9H2,1H3,(H,13,14). The second-order valence-corrected chi connectivity index (χ2v) is 6.30. The van der Waals surface area contributed by atoms with Gasteiger partial charge in [0.1, 0.15) is 5.82 Å². The molecule has 0 spiro atoms. The Kier molecular flexibility index (Phi) is 4.73. The highest BCUT2D eigenvalue weighted by Crippen LogP contribution is 2.16. The molecule has 0 radical (unpaired) electrons. The second-order valence-electron chi connectivity index (χ2n) is 4.53. The Labute approximate surface area is 113 Å². The Morgan fingerprint density at radius 1 is 1.42 bits per heavy atom. The molecule has 0 saturated carbocycles. The van der Waals surface area contributed by atoms with Gasteiger partial charge in [-0.1, -0.05) is 0 Å². The number of nitrogens with zero attached hydrogens (tertiary/aromatic N) is 1. The fraction of sp³-hybridized carbons (Fsp3) is 0.583. The summed E-state index contributed by atoms with van der Waals surface area (Å²) in [5, 5.41) is 2.83. The lowest BCUT2D eigenvalue weighted by Gasteiger charge is -2.22. The molecule has 0 aromatic carbocycles. The van der Waals surface area contributed by atoms with Crippen molar-refractivity contribution < 1.29 is 13.2 Å². The molecule has 7 heteroatoms. The first-order valence-electron chi connectivity index (χ1n) is 6.33. The highest BCUT2D eigenvalue weighted by molar-refractivity contribution is 7.89. The van der Waals surface area contributed by atoms with Crippen molar-refractivity contribution in [1.29, 1.82) is 0 Å². The van der Waals surface area contributed by atoms with Crippen LogP contribution in [0.4, 0.5) is 5.82 Å². The van der Waals surface area contributed by atoms with Gasteiger partial charge >= 0.3 is 0 Å². The van der Waals surface area contributed by atoms with E-state index in [1.165, 1.54) is 18.3 Å². The maximum Gasteiger partial charge on any atom is 0.240 e. The number of anilines is 1. The molecule has 1 saturated heterocycles. The lowest BCUT2D eigenvalue weighted by atomic mass is 10.0. The molecule has 19 heavy (non-hydrogen) atoms. The van der Waals surface area contributed by atoms with E-state index in [-0.39, 0.29) is 4.90 Å². The topological polar surface area (TPSA) is 80.3 Å². The highest BCUT2D eigenvalue weighted by atomic mass is 32.2. The lowest BCUT2D eigenvalue weighted by Crippen LogP contribution is -2.32. The quantitative estimate of drug-likeness (QED) is 0.837. The molecule has 1 aromatic rings. The molecule has 0 aliphatic carbocycles. The van der Waals surface area contributed by atoms with Crippen LogP contribution in [0.2, 0.25) is 0 Å². The van der Waals surface area contributed by atoms with Crippen LogP contribution in [0.5, 0.6) is 0 Å². The van der Waals surface area contributed by atoms with Crippen molar-refractivity contribution in [3.8, 4) is 0 Å². The zero-order valence-electron chi connectivity index (χ0n) is 10.9. The number of ether oxygens (including phenoxy) is 1. The molecule has 2 heterocycles. The number of rotatable bonds is 5. The van der Waals surface area contributed by atoms with Crippen molar-refractivity contribution in [3.05, 3.63) is 18.3 Å². The molecule has 106 valence electrons. The van der Waals surface area contributed by atoms with Crippen molar-refractivity contribution in [2.24, 2.45) is 5.92 Å². The van der Waals surface area contributed by atoms with E-state index >= 15 is 0 Å². The fourth-order valence-electron chi connectivity index (χ4n) is 1.98. The SMILES string of the molecule is CNc1cc(S(=O)(=O)NCC2CCOCC2)ccn1. The van der Waals surface area contributed by atoms with E-state index in [9.17, 15) is 8.42 Å². The Hall–Kier alpha value is -1.18. The number of hydrogen-bond donors (Lipinski definition) is 2. The molecule has 0 amide bonds. The van der Waals surface area contributed by atoms with Gasteiger partial charge in [0.2, 0.25) is 10.0 Å². The van der Waals surface area contributed by atoms with Crippen LogP contribution in [0.1, 0.15) is 12.8 Å². The normalized spacial score (nSPS) is 17.3. The van der Waals surface area contributed by atoms with Crippen molar-refractivity contribution >= 4 is 15.8 Å². The number of sulfonamides is 1. The molecule has 2 rings (SSSR count). The zero-order valence-corrected chi connectivity index (χ0v) is 11.7. The summed E-state index contributed by atoms with van der Waals surface area (Å²) in [6.45, 7) is 1.89. The molecule has 1 fully saturated rings. The summed E-state index contributed by atoms with van der Waals surface area (Å²) in [4.78, 5) is 4.24. The largest absolute Gasteiger partial charge is 0.381 e. The van der Waals surface area contributed by atoms with Crippen molar-refractivity contribution in [2.75, 3.05) is 32.1 Å². The van der Waals surface area contributed by atoms with Crippen LogP contribution in [0, 0.1) is 5.92 Å². The van der Waals surface area contributed by atoms with Gasteiger partial charge in [0.25, 0.3) is 0 Å². The van der Waals surface area contributed by atoms with Crippen LogP contribution in [0.25, 0.3) is 0 Å². The van der Waals surface area contributed by atoms with Gasteiger partial charge in [0.15, 0.2) is 0 Å². The average molecular weight is 285 g/mol. The molecule has 1 aliphatic heterocycles. The number of nitrogens with one attached hydrogen (secondary N) is 2. The van der Waals surface area contributed by atoms with E-state index in [1.54, 1.807) is 7.05 Å². The molecule has 0 unspecified atom stereocenters. The summed E-state index contributed by atoms with van der Waals surface area (Å²) in [6, 6.07) is 3.01. The van der Waals surface area contributed by atoms with E-state index in [4.69, 9.17) is 4.74 Å². The van der Waals surface area contributed by atoms with Gasteiger partial charge in [0.05, 0.1) is 4.90 Å². The maximum absolute atomic E-state index is 12.1. The maximum atomic E-state index is 12.1. The minimum Gasteiger partial charge on any atom is -0.381 e. The predicted molar refractivity (Wildman–Crippen MR) is 72.5 cm³/mol. The van der Waals surface area contributed by atoms with E-state index in [2.05, 4.69) is 15.0 Å². The summed E-state index contributed by atoms with van der Waals surface area (Å²) in [5.74, 6) is 0.892. The molecular weight excluding hydrogens is 266 g/mol. The number of aromatic nitrogens is 1. The first kappa shape index (κ1) is 14.2. The Bertz CT molecular complexity index is 513. The van der Waals surface area contributed by atoms with Crippen molar-refractivity contribution in [1.82, 2.24) is 9.71 Å². The van der Waals surface area contributed by atoms with Crippen molar-refractivity contribution in [2.45, 2.75) is 17.7 Å². The van der Waals surface area contributed by atoms with E-state index in [0.29, 0.717) is 31.5 Å². The summed E-state index contributed by atoms with van der Waals surface area (Å²) < 4.78 is 32.2. The summed E-state index contributed by atoms with van der Waals surface area (Å²) in [6.07, 6.45) is 3.29. The minimum atomic E-state index is -3.46. The fourth-order valence-corrected chi connectivity index (χ4v) is 3.11. The van der Waals surface area contributed by atoms with E-state index < -0.39 is 10.0 Å². The highest BCUT2D eigenvalue weighted by Gasteiger charge is 2.19. The number of pyridine rings is 1. The van der Waals surface area contributed by atoms with Gasteiger partial charge in [-0.3, -0.25) is 0 Å². The van der Waals surface area contributed by atoms with Gasteiger partial charge in [-0.15, -0.1) is 0 Å². The van der Waals surface area contributed by atoms with Crippen LogP contribution in [0.15, 0.2) is 23.2 Å².